The Hall–Kier alpha value is -1.42. The summed E-state index contributed by atoms with van der Waals surface area (Å²) in [4.78, 5) is 22.6. The van der Waals surface area contributed by atoms with Crippen molar-refractivity contribution < 1.29 is 19.8 Å². The lowest BCUT2D eigenvalue weighted by molar-refractivity contribution is -0.146. The molecular formula is C20H30O4. The van der Waals surface area contributed by atoms with Gasteiger partial charge in [0.15, 0.2) is 6.10 Å². The Morgan fingerprint density at radius 2 is 2.08 bits per heavy atom. The second-order valence-corrected chi connectivity index (χ2v) is 7.24. The number of ketones is 1. The molecule has 2 fully saturated rings. The van der Waals surface area contributed by atoms with Gasteiger partial charge in [-0.15, -0.1) is 0 Å². The van der Waals surface area contributed by atoms with E-state index in [0.29, 0.717) is 24.5 Å². The molecule has 0 amide bonds. The minimum Gasteiger partial charge on any atom is -0.479 e. The Morgan fingerprint density at radius 1 is 1.29 bits per heavy atom. The largest absolute Gasteiger partial charge is 0.479 e. The van der Waals surface area contributed by atoms with E-state index in [1.165, 1.54) is 19.3 Å². The molecule has 2 saturated carbocycles. The number of aliphatic hydroxyl groups is 1. The third-order valence-electron chi connectivity index (χ3n) is 5.54. The third kappa shape index (κ3) is 5.59. The molecule has 134 valence electrons. The molecule has 2 rings (SSSR count). The van der Waals surface area contributed by atoms with Gasteiger partial charge in [0.25, 0.3) is 0 Å². The van der Waals surface area contributed by atoms with Crippen LogP contribution in [-0.2, 0) is 9.59 Å². The molecule has 4 nitrogen and oxygen atoms in total. The molecule has 5 atom stereocenters. The van der Waals surface area contributed by atoms with Crippen LogP contribution in [0.4, 0.5) is 0 Å². The van der Waals surface area contributed by atoms with Gasteiger partial charge in [-0.1, -0.05) is 37.6 Å². The van der Waals surface area contributed by atoms with Crippen LogP contribution in [0.25, 0.3) is 0 Å². The summed E-state index contributed by atoms with van der Waals surface area (Å²) in [7, 11) is 0. The zero-order chi connectivity index (χ0) is 17.5. The number of carboxylic acids is 1. The minimum atomic E-state index is -1.36. The van der Waals surface area contributed by atoms with Gasteiger partial charge in [0, 0.05) is 18.8 Å². The number of allylic oxidation sites excluding steroid dienone is 3. The van der Waals surface area contributed by atoms with Crippen molar-refractivity contribution in [1.29, 1.82) is 0 Å². The number of carbonyl (C=O) groups excluding carboxylic acids is 1. The highest BCUT2D eigenvalue weighted by Crippen LogP contribution is 2.44. The van der Waals surface area contributed by atoms with E-state index >= 15 is 0 Å². The summed E-state index contributed by atoms with van der Waals surface area (Å²) in [5.74, 6) is 1.30. The summed E-state index contributed by atoms with van der Waals surface area (Å²) in [6, 6.07) is 0. The van der Waals surface area contributed by atoms with Gasteiger partial charge in [0.1, 0.15) is 5.78 Å². The molecule has 2 aliphatic rings. The Morgan fingerprint density at radius 3 is 2.75 bits per heavy atom. The molecular weight excluding hydrogens is 304 g/mol. The molecule has 0 spiro atoms. The van der Waals surface area contributed by atoms with Crippen LogP contribution in [0.5, 0.6) is 0 Å². The number of hydrogen-bond acceptors (Lipinski definition) is 3. The molecule has 0 aromatic carbocycles. The Bertz CT molecular complexity index is 494. The maximum absolute atomic E-state index is 12.0. The monoisotopic (exact) mass is 334 g/mol. The topological polar surface area (TPSA) is 74.6 Å². The second kappa shape index (κ2) is 9.16. The number of aliphatic carboxylic acids is 1. The first-order valence-electron chi connectivity index (χ1n) is 9.28. The van der Waals surface area contributed by atoms with Crippen LogP contribution < -0.4 is 0 Å². The van der Waals surface area contributed by atoms with Crippen molar-refractivity contribution in [2.24, 2.45) is 23.7 Å². The first-order chi connectivity index (χ1) is 11.5. The lowest BCUT2D eigenvalue weighted by atomic mass is 9.91. The quantitative estimate of drug-likeness (QED) is 0.597. The fourth-order valence-corrected chi connectivity index (χ4v) is 3.78. The second-order valence-electron chi connectivity index (χ2n) is 7.24. The normalized spacial score (nSPS) is 31.2. The highest BCUT2D eigenvalue weighted by molar-refractivity contribution is 5.83. The van der Waals surface area contributed by atoms with E-state index in [1.807, 2.05) is 6.08 Å². The van der Waals surface area contributed by atoms with Gasteiger partial charge in [0.2, 0.25) is 0 Å². The van der Waals surface area contributed by atoms with Crippen molar-refractivity contribution in [2.75, 3.05) is 0 Å². The van der Waals surface area contributed by atoms with E-state index in [2.05, 4.69) is 19.1 Å². The molecule has 0 radical (unpaired) electrons. The van der Waals surface area contributed by atoms with E-state index in [0.717, 1.165) is 24.7 Å². The molecule has 0 aromatic rings. The van der Waals surface area contributed by atoms with Crippen molar-refractivity contribution in [3.8, 4) is 0 Å². The number of carbonyl (C=O) groups is 2. The van der Waals surface area contributed by atoms with Crippen LogP contribution in [0.2, 0.25) is 0 Å². The molecule has 2 aliphatic carbocycles. The predicted molar refractivity (Wildman–Crippen MR) is 93.5 cm³/mol. The van der Waals surface area contributed by atoms with Crippen LogP contribution in [0.15, 0.2) is 24.3 Å². The van der Waals surface area contributed by atoms with Gasteiger partial charge in [-0.05, 0) is 49.9 Å². The molecule has 0 aromatic heterocycles. The van der Waals surface area contributed by atoms with E-state index in [4.69, 9.17) is 5.11 Å². The van der Waals surface area contributed by atoms with Crippen LogP contribution in [0.1, 0.15) is 58.3 Å². The Labute approximate surface area is 144 Å². The number of hydrogen-bond donors (Lipinski definition) is 2. The zero-order valence-electron chi connectivity index (χ0n) is 14.6. The maximum atomic E-state index is 12.0. The van der Waals surface area contributed by atoms with E-state index in [1.54, 1.807) is 6.08 Å². The fourth-order valence-electron chi connectivity index (χ4n) is 3.78. The minimum absolute atomic E-state index is 0.0174. The average molecular weight is 334 g/mol. The molecule has 0 bridgehead atoms. The summed E-state index contributed by atoms with van der Waals surface area (Å²) in [5.41, 5.74) is 0. The van der Waals surface area contributed by atoms with Crippen molar-refractivity contribution >= 4 is 11.8 Å². The van der Waals surface area contributed by atoms with Crippen molar-refractivity contribution in [3.63, 3.8) is 0 Å². The highest BCUT2D eigenvalue weighted by atomic mass is 16.4. The van der Waals surface area contributed by atoms with Crippen molar-refractivity contribution in [2.45, 2.75) is 64.4 Å². The maximum Gasteiger partial charge on any atom is 0.332 e. The van der Waals surface area contributed by atoms with Crippen LogP contribution in [-0.4, -0.2) is 28.1 Å². The molecule has 1 unspecified atom stereocenters. The van der Waals surface area contributed by atoms with E-state index < -0.39 is 12.1 Å². The SMILES string of the molecule is CC[C@H]1C[C@H]1CCC=C[C@H]1CCC(=O)[C@@H]1CC=CCC(O)C(=O)O. The van der Waals surface area contributed by atoms with Gasteiger partial charge in [-0.25, -0.2) is 4.79 Å². The Kier molecular flexibility index (Phi) is 7.22. The first-order valence-corrected chi connectivity index (χ1v) is 9.28. The summed E-state index contributed by atoms with van der Waals surface area (Å²) in [6.07, 6.45) is 14.0. The molecule has 2 N–H and O–H groups in total. The van der Waals surface area contributed by atoms with Gasteiger partial charge in [0.05, 0.1) is 0 Å². The fraction of sp³-hybridized carbons (Fsp3) is 0.700. The smallest absolute Gasteiger partial charge is 0.332 e. The summed E-state index contributed by atoms with van der Waals surface area (Å²) >= 11 is 0. The van der Waals surface area contributed by atoms with Gasteiger partial charge in [-0.2, -0.15) is 0 Å². The standard InChI is InChI=1S/C20H30O4/c1-2-14-13-16(14)8-4-3-7-15-11-12-18(21)17(15)9-5-6-10-19(22)20(23)24/h3,5-7,14-17,19,22H,2,4,8-13H2,1H3,(H,23,24)/t14-,15-,16+,17+,19?/m0/s1. The van der Waals surface area contributed by atoms with Crippen LogP contribution in [0, 0.1) is 23.7 Å². The highest BCUT2D eigenvalue weighted by Gasteiger charge is 2.34. The lowest BCUT2D eigenvalue weighted by Crippen LogP contribution is -2.18. The van der Waals surface area contributed by atoms with E-state index in [-0.39, 0.29) is 12.3 Å². The molecule has 0 aliphatic heterocycles. The third-order valence-corrected chi connectivity index (χ3v) is 5.54. The zero-order valence-corrected chi connectivity index (χ0v) is 14.6. The van der Waals surface area contributed by atoms with Gasteiger partial charge >= 0.3 is 5.97 Å². The number of carboxylic acid groups (broad SMARTS) is 1. The number of aliphatic hydroxyl groups excluding tert-OH is 1. The van der Waals surface area contributed by atoms with Crippen molar-refractivity contribution in [1.82, 2.24) is 0 Å². The van der Waals surface area contributed by atoms with Crippen LogP contribution in [0.3, 0.4) is 0 Å². The number of rotatable bonds is 10. The molecule has 0 saturated heterocycles. The predicted octanol–water partition coefficient (Wildman–Crippen LogP) is 3.75. The Balaban J connectivity index is 1.72. The van der Waals surface area contributed by atoms with Crippen molar-refractivity contribution in [3.05, 3.63) is 24.3 Å². The van der Waals surface area contributed by atoms with E-state index in [9.17, 15) is 14.7 Å². The van der Waals surface area contributed by atoms with Crippen LogP contribution >= 0.6 is 0 Å². The summed E-state index contributed by atoms with van der Waals surface area (Å²) in [5, 5.41) is 17.8. The molecule has 0 heterocycles. The number of Topliss-reactive ketones (excluding diaryl/α,β-unsaturated/α-hetero) is 1. The lowest BCUT2D eigenvalue weighted by Gasteiger charge is -2.12. The van der Waals surface area contributed by atoms with Gasteiger partial charge < -0.3 is 10.2 Å². The molecule has 24 heavy (non-hydrogen) atoms. The first kappa shape index (κ1) is 18.9. The molecule has 4 heteroatoms. The summed E-state index contributed by atoms with van der Waals surface area (Å²) in [6.45, 7) is 2.26. The summed E-state index contributed by atoms with van der Waals surface area (Å²) < 4.78 is 0. The van der Waals surface area contributed by atoms with Gasteiger partial charge in [-0.3, -0.25) is 4.79 Å². The average Bonchev–Trinajstić information content (AvgIpc) is 3.24.